The number of benzene rings is 1. The third-order valence-electron chi connectivity index (χ3n) is 4.76. The molecule has 1 rings (SSSR count). The topological polar surface area (TPSA) is 68.8 Å². The Morgan fingerprint density at radius 3 is 2.39 bits per heavy atom. The van der Waals surface area contributed by atoms with Gasteiger partial charge in [0, 0.05) is 39.3 Å². The Morgan fingerprint density at radius 2 is 1.82 bits per heavy atom. The van der Waals surface area contributed by atoms with Crippen LogP contribution < -0.4 is 16.0 Å². The second-order valence-electron chi connectivity index (χ2n) is 7.63. The minimum Gasteiger partial charge on any atom is -0.356 e. The fraction of sp³-hybridized carbons (Fsp3) is 0.619. The Balaban J connectivity index is 0.00000729. The molecule has 6 nitrogen and oxygen atoms in total. The first-order chi connectivity index (χ1) is 12.8. The predicted octanol–water partition coefficient (Wildman–Crippen LogP) is 2.84. The molecular weight excluding hydrogens is 465 g/mol. The number of hydrogen-bond acceptors (Lipinski definition) is 3. The van der Waals surface area contributed by atoms with E-state index in [0.29, 0.717) is 19.1 Å². The zero-order chi connectivity index (χ0) is 20.3. The number of nitrogens with zero attached hydrogens (tertiary/aromatic N) is 2. The van der Waals surface area contributed by atoms with Gasteiger partial charge in [0.2, 0.25) is 5.91 Å². The minimum absolute atomic E-state index is 0. The summed E-state index contributed by atoms with van der Waals surface area (Å²) in [4.78, 5) is 18.7. The first kappa shape index (κ1) is 26.6. The van der Waals surface area contributed by atoms with E-state index in [9.17, 15) is 4.79 Å². The molecule has 1 aromatic rings. The highest BCUT2D eigenvalue weighted by atomic mass is 127. The molecule has 1 aromatic carbocycles. The summed E-state index contributed by atoms with van der Waals surface area (Å²) in [7, 11) is 3.90. The third-order valence-corrected chi connectivity index (χ3v) is 4.76. The molecule has 7 heteroatoms. The summed E-state index contributed by atoms with van der Waals surface area (Å²) in [6.45, 7) is 11.0. The van der Waals surface area contributed by atoms with Crippen molar-refractivity contribution in [2.24, 2.45) is 10.4 Å². The Labute approximate surface area is 188 Å². The summed E-state index contributed by atoms with van der Waals surface area (Å²) in [5, 5.41) is 9.47. The summed E-state index contributed by atoms with van der Waals surface area (Å²) in [6.07, 6.45) is 1.00. The standard InChI is InChI=1S/C21H37N5O.HI/c1-7-23-19(27)21(3,4)16-25-20(22-5)24-14-13-17(2)26(6)15-18-11-9-8-10-12-18;/h8-12,17H,7,13-16H2,1-6H3,(H,23,27)(H2,22,24,25);1H. The molecule has 0 radical (unpaired) electrons. The van der Waals surface area contributed by atoms with E-state index >= 15 is 0 Å². The number of halogens is 1. The van der Waals surface area contributed by atoms with E-state index in [1.807, 2.05) is 26.8 Å². The second-order valence-corrected chi connectivity index (χ2v) is 7.63. The van der Waals surface area contributed by atoms with Crippen molar-refractivity contribution in [3.8, 4) is 0 Å². The number of hydrogen-bond donors (Lipinski definition) is 3. The lowest BCUT2D eigenvalue weighted by molar-refractivity contribution is -0.128. The quantitative estimate of drug-likeness (QED) is 0.261. The Kier molecular flexibility index (Phi) is 13.1. The smallest absolute Gasteiger partial charge is 0.227 e. The summed E-state index contributed by atoms with van der Waals surface area (Å²) < 4.78 is 0. The third kappa shape index (κ3) is 9.73. The number of guanidine groups is 1. The first-order valence-electron chi connectivity index (χ1n) is 9.77. The monoisotopic (exact) mass is 503 g/mol. The van der Waals surface area contributed by atoms with E-state index in [0.717, 1.165) is 25.5 Å². The first-order valence-corrected chi connectivity index (χ1v) is 9.77. The van der Waals surface area contributed by atoms with Gasteiger partial charge in [0.05, 0.1) is 5.41 Å². The summed E-state index contributed by atoms with van der Waals surface area (Å²) in [5.74, 6) is 0.773. The maximum atomic E-state index is 12.1. The van der Waals surface area contributed by atoms with Crippen molar-refractivity contribution in [1.29, 1.82) is 0 Å². The van der Waals surface area contributed by atoms with Crippen LogP contribution in [0.25, 0.3) is 0 Å². The van der Waals surface area contributed by atoms with Gasteiger partial charge in [-0.1, -0.05) is 30.3 Å². The van der Waals surface area contributed by atoms with Gasteiger partial charge >= 0.3 is 0 Å². The van der Waals surface area contributed by atoms with Crippen LogP contribution in [-0.4, -0.2) is 56.5 Å². The van der Waals surface area contributed by atoms with E-state index in [1.54, 1.807) is 7.05 Å². The number of amides is 1. The van der Waals surface area contributed by atoms with Gasteiger partial charge in [0.15, 0.2) is 5.96 Å². The van der Waals surface area contributed by atoms with E-state index in [4.69, 9.17) is 0 Å². The zero-order valence-electron chi connectivity index (χ0n) is 18.2. The van der Waals surface area contributed by atoms with Crippen LogP contribution in [0.15, 0.2) is 35.3 Å². The molecule has 3 N–H and O–H groups in total. The normalized spacial score (nSPS) is 12.9. The van der Waals surface area contributed by atoms with Crippen LogP contribution in [0, 0.1) is 5.41 Å². The number of nitrogens with one attached hydrogen (secondary N) is 3. The molecule has 0 fully saturated rings. The molecule has 0 aromatic heterocycles. The molecule has 1 unspecified atom stereocenters. The molecule has 0 aliphatic rings. The lowest BCUT2D eigenvalue weighted by atomic mass is 9.92. The molecule has 0 saturated heterocycles. The molecule has 0 aliphatic heterocycles. The van der Waals surface area contributed by atoms with Gasteiger partial charge in [-0.3, -0.25) is 14.7 Å². The molecule has 28 heavy (non-hydrogen) atoms. The van der Waals surface area contributed by atoms with Crippen molar-refractivity contribution < 1.29 is 4.79 Å². The zero-order valence-corrected chi connectivity index (χ0v) is 20.5. The number of rotatable bonds is 10. The summed E-state index contributed by atoms with van der Waals surface area (Å²) >= 11 is 0. The fourth-order valence-electron chi connectivity index (χ4n) is 2.65. The molecule has 0 spiro atoms. The van der Waals surface area contributed by atoms with Gasteiger partial charge < -0.3 is 16.0 Å². The summed E-state index contributed by atoms with van der Waals surface area (Å²) in [5.41, 5.74) is 0.835. The predicted molar refractivity (Wildman–Crippen MR) is 129 cm³/mol. The van der Waals surface area contributed by atoms with Crippen molar-refractivity contribution in [2.45, 2.75) is 46.7 Å². The molecule has 0 bridgehead atoms. The lowest BCUT2D eigenvalue weighted by Gasteiger charge is -2.26. The Hall–Kier alpha value is -1.35. The molecule has 0 aliphatic carbocycles. The van der Waals surface area contributed by atoms with E-state index in [2.05, 4.69) is 64.1 Å². The van der Waals surface area contributed by atoms with Crippen LogP contribution in [0.4, 0.5) is 0 Å². The highest BCUT2D eigenvalue weighted by Crippen LogP contribution is 2.13. The molecular formula is C21H38IN5O. The van der Waals surface area contributed by atoms with Gasteiger partial charge in [-0.2, -0.15) is 0 Å². The maximum Gasteiger partial charge on any atom is 0.227 e. The maximum absolute atomic E-state index is 12.1. The van der Waals surface area contributed by atoms with Gasteiger partial charge in [-0.15, -0.1) is 24.0 Å². The van der Waals surface area contributed by atoms with Gasteiger partial charge in [-0.25, -0.2) is 0 Å². The van der Waals surface area contributed by atoms with Gasteiger partial charge in [0.25, 0.3) is 0 Å². The lowest BCUT2D eigenvalue weighted by Crippen LogP contribution is -2.48. The average Bonchev–Trinajstić information content (AvgIpc) is 2.65. The number of aliphatic imine (C=N–C) groups is 1. The Bertz CT molecular complexity index is 592. The van der Waals surface area contributed by atoms with Crippen molar-refractivity contribution in [1.82, 2.24) is 20.9 Å². The van der Waals surface area contributed by atoms with Crippen LogP contribution in [0.2, 0.25) is 0 Å². The van der Waals surface area contributed by atoms with Crippen LogP contribution >= 0.6 is 24.0 Å². The minimum atomic E-state index is -0.489. The SMILES string of the molecule is CCNC(=O)C(C)(C)CNC(=NC)NCCC(C)N(C)Cc1ccccc1.I. The average molecular weight is 503 g/mol. The molecule has 0 saturated carbocycles. The molecule has 0 heterocycles. The largest absolute Gasteiger partial charge is 0.356 e. The van der Waals surface area contributed by atoms with Crippen LogP contribution in [0.5, 0.6) is 0 Å². The molecule has 1 amide bonds. The Morgan fingerprint density at radius 1 is 1.18 bits per heavy atom. The highest BCUT2D eigenvalue weighted by molar-refractivity contribution is 14.0. The van der Waals surface area contributed by atoms with Crippen LogP contribution in [-0.2, 0) is 11.3 Å². The van der Waals surface area contributed by atoms with Crippen molar-refractivity contribution in [3.05, 3.63) is 35.9 Å². The summed E-state index contributed by atoms with van der Waals surface area (Å²) in [6, 6.07) is 11.0. The van der Waals surface area contributed by atoms with Crippen LogP contribution in [0.3, 0.4) is 0 Å². The van der Waals surface area contributed by atoms with Gasteiger partial charge in [0.1, 0.15) is 0 Å². The van der Waals surface area contributed by atoms with E-state index in [1.165, 1.54) is 5.56 Å². The molecule has 1 atom stereocenters. The van der Waals surface area contributed by atoms with E-state index < -0.39 is 5.41 Å². The van der Waals surface area contributed by atoms with Crippen LogP contribution in [0.1, 0.15) is 39.7 Å². The fourth-order valence-corrected chi connectivity index (χ4v) is 2.65. The van der Waals surface area contributed by atoms with Crippen molar-refractivity contribution in [2.75, 3.05) is 33.7 Å². The van der Waals surface area contributed by atoms with Crippen molar-refractivity contribution >= 4 is 35.8 Å². The number of carbonyl (C=O) groups is 1. The molecule has 160 valence electrons. The van der Waals surface area contributed by atoms with Gasteiger partial charge in [-0.05, 0) is 46.7 Å². The van der Waals surface area contributed by atoms with Crippen molar-refractivity contribution in [3.63, 3.8) is 0 Å². The second kappa shape index (κ2) is 13.8. The van der Waals surface area contributed by atoms with E-state index in [-0.39, 0.29) is 29.9 Å². The highest BCUT2D eigenvalue weighted by Gasteiger charge is 2.27. The number of carbonyl (C=O) groups excluding carboxylic acids is 1.